The molecule has 8 heteroatoms. The number of carbonyl (C=O) groups is 1. The van der Waals surface area contributed by atoms with Crippen LogP contribution in [0.4, 0.5) is 5.69 Å². The smallest absolute Gasteiger partial charge is 0.288 e. The number of nitrogens with one attached hydrogen (secondary N) is 1. The molecule has 0 aliphatic heterocycles. The van der Waals surface area contributed by atoms with Crippen LogP contribution in [-0.2, 0) is 16.3 Å². The van der Waals surface area contributed by atoms with E-state index in [1.807, 2.05) is 30.3 Å². The first-order chi connectivity index (χ1) is 11.8. The molecule has 0 atom stereocenters. The van der Waals surface area contributed by atoms with Gasteiger partial charge in [0.25, 0.3) is 11.6 Å². The van der Waals surface area contributed by atoms with Crippen LogP contribution in [0.2, 0.25) is 0 Å². The molecule has 0 saturated carbocycles. The predicted molar refractivity (Wildman–Crippen MR) is 93.3 cm³/mol. The minimum atomic E-state index is -3.75. The third kappa shape index (κ3) is 5.12. The van der Waals surface area contributed by atoms with Crippen molar-refractivity contribution in [1.29, 1.82) is 0 Å². The summed E-state index contributed by atoms with van der Waals surface area (Å²) in [5.74, 6) is -0.476. The van der Waals surface area contributed by atoms with Gasteiger partial charge in [0.05, 0.1) is 4.92 Å². The molecule has 0 fully saturated rings. The number of rotatable bonds is 7. The molecule has 7 nitrogen and oxygen atoms in total. The van der Waals surface area contributed by atoms with Gasteiger partial charge in [0.1, 0.15) is 4.90 Å². The maximum Gasteiger partial charge on any atom is 0.288 e. The second-order valence-electron chi connectivity index (χ2n) is 5.56. The number of hydrogen-bond acceptors (Lipinski definition) is 5. The Kier molecular flexibility index (Phi) is 5.87. The highest BCUT2D eigenvalue weighted by Gasteiger charge is 2.23. The van der Waals surface area contributed by atoms with E-state index in [0.29, 0.717) is 6.54 Å². The van der Waals surface area contributed by atoms with E-state index < -0.39 is 31.3 Å². The summed E-state index contributed by atoms with van der Waals surface area (Å²) in [5, 5.41) is 13.8. The molecule has 0 aliphatic rings. The summed E-state index contributed by atoms with van der Waals surface area (Å²) in [6, 6.07) is 13.2. The lowest BCUT2D eigenvalue weighted by molar-refractivity contribution is -0.387. The number of carbonyl (C=O) groups excluding carboxylic acids is 1. The zero-order chi connectivity index (χ0) is 18.4. The third-order valence-electron chi connectivity index (χ3n) is 3.59. The first-order valence-corrected chi connectivity index (χ1v) is 9.49. The Morgan fingerprint density at radius 2 is 1.84 bits per heavy atom. The molecule has 1 amide bonds. The fourth-order valence-electron chi connectivity index (χ4n) is 2.36. The van der Waals surface area contributed by atoms with E-state index >= 15 is 0 Å². The van der Waals surface area contributed by atoms with Crippen molar-refractivity contribution in [1.82, 2.24) is 5.32 Å². The van der Waals surface area contributed by atoms with Crippen molar-refractivity contribution in [2.24, 2.45) is 0 Å². The van der Waals surface area contributed by atoms with Crippen LogP contribution >= 0.6 is 0 Å². The molecule has 0 unspecified atom stereocenters. The van der Waals surface area contributed by atoms with Crippen LogP contribution in [0.1, 0.15) is 22.3 Å². The molecule has 0 saturated heterocycles. The van der Waals surface area contributed by atoms with Gasteiger partial charge in [-0.2, -0.15) is 0 Å². The highest BCUT2D eigenvalue weighted by molar-refractivity contribution is 7.90. The number of sulfone groups is 1. The first-order valence-electron chi connectivity index (χ1n) is 7.59. The SMILES string of the molecule is CS(=O)(=O)c1ccc(C(=O)NCCCc2ccccc2)cc1[N+](=O)[O-]. The van der Waals surface area contributed by atoms with Crippen LogP contribution in [0.25, 0.3) is 0 Å². The zero-order valence-corrected chi connectivity index (χ0v) is 14.5. The van der Waals surface area contributed by atoms with Gasteiger partial charge in [-0.3, -0.25) is 14.9 Å². The van der Waals surface area contributed by atoms with Gasteiger partial charge in [-0.25, -0.2) is 8.42 Å². The number of benzene rings is 2. The fourth-order valence-corrected chi connectivity index (χ4v) is 3.18. The van der Waals surface area contributed by atoms with Gasteiger partial charge in [-0.15, -0.1) is 0 Å². The van der Waals surface area contributed by atoms with E-state index in [4.69, 9.17) is 0 Å². The number of nitrogens with zero attached hydrogens (tertiary/aromatic N) is 1. The van der Waals surface area contributed by atoms with Crippen LogP contribution in [-0.4, -0.2) is 32.0 Å². The average Bonchev–Trinajstić information content (AvgIpc) is 2.58. The number of nitro benzene ring substituents is 1. The van der Waals surface area contributed by atoms with Crippen LogP contribution in [0.3, 0.4) is 0 Å². The van der Waals surface area contributed by atoms with Gasteiger partial charge in [-0.1, -0.05) is 30.3 Å². The summed E-state index contributed by atoms with van der Waals surface area (Å²) < 4.78 is 23.2. The Morgan fingerprint density at radius 1 is 1.16 bits per heavy atom. The number of hydrogen-bond donors (Lipinski definition) is 1. The lowest BCUT2D eigenvalue weighted by atomic mass is 10.1. The number of nitro groups is 1. The van der Waals surface area contributed by atoms with E-state index in [9.17, 15) is 23.3 Å². The van der Waals surface area contributed by atoms with Gasteiger partial charge >= 0.3 is 0 Å². The summed E-state index contributed by atoms with van der Waals surface area (Å²) in [6.45, 7) is 0.412. The van der Waals surface area contributed by atoms with E-state index in [1.165, 1.54) is 6.07 Å². The third-order valence-corrected chi connectivity index (χ3v) is 4.73. The Bertz CT molecular complexity index is 879. The summed E-state index contributed by atoms with van der Waals surface area (Å²) in [5.41, 5.74) is 0.614. The first kappa shape index (κ1) is 18.6. The van der Waals surface area contributed by atoms with Crippen molar-refractivity contribution in [3.8, 4) is 0 Å². The van der Waals surface area contributed by atoms with E-state index in [-0.39, 0.29) is 5.56 Å². The van der Waals surface area contributed by atoms with Crippen molar-refractivity contribution in [3.63, 3.8) is 0 Å². The molecule has 0 radical (unpaired) electrons. The van der Waals surface area contributed by atoms with Gasteiger partial charge in [0.15, 0.2) is 9.84 Å². The van der Waals surface area contributed by atoms with Crippen molar-refractivity contribution in [2.45, 2.75) is 17.7 Å². The summed E-state index contributed by atoms with van der Waals surface area (Å²) in [6.07, 6.45) is 2.41. The lowest BCUT2D eigenvalue weighted by Crippen LogP contribution is -2.25. The summed E-state index contributed by atoms with van der Waals surface area (Å²) in [7, 11) is -3.75. The van der Waals surface area contributed by atoms with Crippen molar-refractivity contribution in [3.05, 3.63) is 69.8 Å². The quantitative estimate of drug-likeness (QED) is 0.462. The van der Waals surface area contributed by atoms with Crippen molar-refractivity contribution in [2.75, 3.05) is 12.8 Å². The predicted octanol–water partition coefficient (Wildman–Crippen LogP) is 2.36. The molecule has 2 rings (SSSR count). The van der Waals surface area contributed by atoms with Crippen LogP contribution in [0, 0.1) is 10.1 Å². The van der Waals surface area contributed by atoms with E-state index in [1.54, 1.807) is 0 Å². The normalized spacial score (nSPS) is 11.1. The summed E-state index contributed by atoms with van der Waals surface area (Å²) >= 11 is 0. The number of amides is 1. The molecule has 2 aromatic carbocycles. The van der Waals surface area contributed by atoms with Crippen LogP contribution in [0.15, 0.2) is 53.4 Å². The standard InChI is InChI=1S/C17H18N2O5S/c1-25(23,24)16-10-9-14(12-15(16)19(21)22)17(20)18-11-5-8-13-6-3-2-4-7-13/h2-4,6-7,9-10,12H,5,8,11H2,1H3,(H,18,20). The molecule has 0 heterocycles. The van der Waals surface area contributed by atoms with E-state index in [2.05, 4.69) is 5.32 Å². The molecule has 1 N–H and O–H groups in total. The molecule has 0 bridgehead atoms. The fraction of sp³-hybridized carbons (Fsp3) is 0.235. The molecule has 0 aromatic heterocycles. The zero-order valence-electron chi connectivity index (χ0n) is 13.6. The maximum absolute atomic E-state index is 12.1. The van der Waals surface area contributed by atoms with E-state index in [0.717, 1.165) is 36.8 Å². The van der Waals surface area contributed by atoms with Crippen LogP contribution in [0.5, 0.6) is 0 Å². The number of aryl methyl sites for hydroxylation is 1. The Balaban J connectivity index is 2.02. The molecular weight excluding hydrogens is 344 g/mol. The van der Waals surface area contributed by atoms with Crippen LogP contribution < -0.4 is 5.32 Å². The Labute approximate surface area is 145 Å². The van der Waals surface area contributed by atoms with Gasteiger partial charge in [-0.05, 0) is 30.5 Å². The topological polar surface area (TPSA) is 106 Å². The van der Waals surface area contributed by atoms with Crippen molar-refractivity contribution < 1.29 is 18.1 Å². The van der Waals surface area contributed by atoms with Gasteiger partial charge in [0, 0.05) is 24.4 Å². The lowest BCUT2D eigenvalue weighted by Gasteiger charge is -2.07. The van der Waals surface area contributed by atoms with Crippen molar-refractivity contribution >= 4 is 21.4 Å². The second-order valence-corrected chi connectivity index (χ2v) is 7.54. The van der Waals surface area contributed by atoms with Gasteiger partial charge in [0.2, 0.25) is 0 Å². The minimum absolute atomic E-state index is 0.0545. The molecule has 132 valence electrons. The average molecular weight is 362 g/mol. The molecule has 0 aliphatic carbocycles. The minimum Gasteiger partial charge on any atom is -0.352 e. The maximum atomic E-state index is 12.1. The monoisotopic (exact) mass is 362 g/mol. The largest absolute Gasteiger partial charge is 0.352 e. The Morgan fingerprint density at radius 3 is 2.44 bits per heavy atom. The Hall–Kier alpha value is -2.74. The molecule has 2 aromatic rings. The molecular formula is C17H18N2O5S. The van der Waals surface area contributed by atoms with Gasteiger partial charge < -0.3 is 5.32 Å². The highest BCUT2D eigenvalue weighted by Crippen LogP contribution is 2.24. The highest BCUT2D eigenvalue weighted by atomic mass is 32.2. The molecule has 25 heavy (non-hydrogen) atoms. The summed E-state index contributed by atoms with van der Waals surface area (Å²) in [4.78, 5) is 22.0. The molecule has 0 spiro atoms. The second kappa shape index (κ2) is 7.89.